The molecule has 0 aliphatic carbocycles. The van der Waals surface area contributed by atoms with Crippen molar-refractivity contribution < 1.29 is 0 Å². The van der Waals surface area contributed by atoms with Gasteiger partial charge in [0.15, 0.2) is 5.96 Å². The minimum absolute atomic E-state index is 0. The van der Waals surface area contributed by atoms with Crippen molar-refractivity contribution in [2.75, 3.05) is 25.0 Å². The van der Waals surface area contributed by atoms with E-state index in [1.807, 2.05) is 32.0 Å². The van der Waals surface area contributed by atoms with E-state index in [-0.39, 0.29) is 24.0 Å². The average molecular weight is 362 g/mol. The van der Waals surface area contributed by atoms with E-state index in [0.29, 0.717) is 18.5 Å². The van der Waals surface area contributed by atoms with Crippen molar-refractivity contribution in [3.05, 3.63) is 30.3 Å². The normalized spacial score (nSPS) is 11.0. The molecule has 18 heavy (non-hydrogen) atoms. The smallest absolute Gasteiger partial charge is 0.188 e. The van der Waals surface area contributed by atoms with Crippen molar-refractivity contribution in [3.63, 3.8) is 0 Å². The number of nitrogens with zero attached hydrogens (tertiary/aromatic N) is 2. The third kappa shape index (κ3) is 6.68. The summed E-state index contributed by atoms with van der Waals surface area (Å²) in [6.07, 6.45) is 0. The molecule has 0 unspecified atom stereocenters. The number of hydrogen-bond donors (Lipinski definition) is 2. The number of hydrogen-bond acceptors (Lipinski definition) is 2. The Hall–Kier alpha value is -0.980. The van der Waals surface area contributed by atoms with Gasteiger partial charge in [0, 0.05) is 25.3 Å². The van der Waals surface area contributed by atoms with Gasteiger partial charge in [0.1, 0.15) is 0 Å². The van der Waals surface area contributed by atoms with E-state index in [4.69, 9.17) is 5.73 Å². The van der Waals surface area contributed by atoms with Crippen LogP contribution in [-0.2, 0) is 0 Å². The van der Waals surface area contributed by atoms with Crippen LogP contribution in [0.25, 0.3) is 0 Å². The van der Waals surface area contributed by atoms with Gasteiger partial charge in [-0.05, 0) is 26.0 Å². The molecule has 0 amide bonds. The Morgan fingerprint density at radius 1 is 1.33 bits per heavy atom. The first-order valence-electron chi connectivity index (χ1n) is 5.92. The van der Waals surface area contributed by atoms with Crippen molar-refractivity contribution in [2.24, 2.45) is 10.7 Å². The molecule has 1 aromatic carbocycles. The zero-order chi connectivity index (χ0) is 12.7. The summed E-state index contributed by atoms with van der Waals surface area (Å²) < 4.78 is 0. The van der Waals surface area contributed by atoms with Crippen molar-refractivity contribution >= 4 is 35.6 Å². The Morgan fingerprint density at radius 2 is 1.94 bits per heavy atom. The Kier molecular flexibility index (Phi) is 8.53. The maximum absolute atomic E-state index is 5.72. The first-order chi connectivity index (χ1) is 8.09. The van der Waals surface area contributed by atoms with Gasteiger partial charge in [-0.1, -0.05) is 18.2 Å². The molecule has 0 radical (unpaired) electrons. The molecule has 3 N–H and O–H groups in total. The number of benzene rings is 1. The van der Waals surface area contributed by atoms with Crippen molar-refractivity contribution in [3.8, 4) is 0 Å². The van der Waals surface area contributed by atoms with Gasteiger partial charge in [-0.25, -0.2) is 0 Å². The molecule has 0 aliphatic heterocycles. The first kappa shape index (κ1) is 17.0. The molecule has 1 aromatic rings. The lowest BCUT2D eigenvalue weighted by atomic mass is 10.3. The number of rotatable bonds is 5. The minimum atomic E-state index is 0. The Morgan fingerprint density at radius 3 is 2.50 bits per heavy atom. The number of guanidine groups is 1. The average Bonchev–Trinajstić information content (AvgIpc) is 2.29. The molecule has 0 spiro atoms. The number of anilines is 1. The second-order valence-electron chi connectivity index (χ2n) is 4.32. The fourth-order valence-corrected chi connectivity index (χ4v) is 1.47. The predicted octanol–water partition coefficient (Wildman–Crippen LogP) is 2.05. The van der Waals surface area contributed by atoms with Gasteiger partial charge in [-0.2, -0.15) is 0 Å². The molecule has 102 valence electrons. The molecule has 5 heteroatoms. The van der Waals surface area contributed by atoms with Gasteiger partial charge in [-0.15, -0.1) is 24.0 Å². The van der Waals surface area contributed by atoms with Crippen molar-refractivity contribution in [1.29, 1.82) is 0 Å². The quantitative estimate of drug-likeness (QED) is 0.479. The molecule has 0 atom stereocenters. The molecule has 0 aromatic heterocycles. The van der Waals surface area contributed by atoms with E-state index in [0.717, 1.165) is 6.54 Å². The summed E-state index contributed by atoms with van der Waals surface area (Å²) in [5.74, 6) is 0.515. The molecule has 0 bridgehead atoms. The lowest BCUT2D eigenvalue weighted by Crippen LogP contribution is -2.37. The zero-order valence-corrected chi connectivity index (χ0v) is 13.6. The summed E-state index contributed by atoms with van der Waals surface area (Å²) in [6.45, 7) is 5.62. The monoisotopic (exact) mass is 362 g/mol. The number of nitrogens with one attached hydrogen (secondary N) is 1. The Labute approximate surface area is 127 Å². The number of likely N-dealkylation sites (N-methyl/N-ethyl adjacent to an activating group) is 1. The third-order valence-corrected chi connectivity index (χ3v) is 2.35. The van der Waals surface area contributed by atoms with Gasteiger partial charge < -0.3 is 16.0 Å². The largest absolute Gasteiger partial charge is 0.373 e. The van der Waals surface area contributed by atoms with Crippen LogP contribution in [0.4, 0.5) is 5.69 Å². The highest BCUT2D eigenvalue weighted by molar-refractivity contribution is 14.0. The van der Waals surface area contributed by atoms with E-state index in [1.54, 1.807) is 0 Å². The van der Waals surface area contributed by atoms with Crippen LogP contribution in [0, 0.1) is 0 Å². The van der Waals surface area contributed by atoms with Gasteiger partial charge in [0.2, 0.25) is 0 Å². The van der Waals surface area contributed by atoms with E-state index < -0.39 is 0 Å². The molecule has 0 heterocycles. The SMILES string of the molecule is CC(C)NC(N)=NCCN(C)c1ccccc1.I. The van der Waals surface area contributed by atoms with Gasteiger partial charge in [0.25, 0.3) is 0 Å². The molecular formula is C13H23IN4. The van der Waals surface area contributed by atoms with E-state index in [9.17, 15) is 0 Å². The summed E-state index contributed by atoms with van der Waals surface area (Å²) in [7, 11) is 2.05. The fraction of sp³-hybridized carbons (Fsp3) is 0.462. The van der Waals surface area contributed by atoms with Crippen LogP contribution in [0.2, 0.25) is 0 Å². The molecular weight excluding hydrogens is 339 g/mol. The zero-order valence-electron chi connectivity index (χ0n) is 11.3. The molecule has 0 saturated carbocycles. The summed E-state index contributed by atoms with van der Waals surface area (Å²) in [4.78, 5) is 6.43. The maximum Gasteiger partial charge on any atom is 0.188 e. The second kappa shape index (κ2) is 9.02. The van der Waals surface area contributed by atoms with E-state index >= 15 is 0 Å². The van der Waals surface area contributed by atoms with E-state index in [2.05, 4.69) is 34.4 Å². The van der Waals surface area contributed by atoms with Crippen molar-refractivity contribution in [2.45, 2.75) is 19.9 Å². The molecule has 1 rings (SSSR count). The van der Waals surface area contributed by atoms with Crippen LogP contribution < -0.4 is 16.0 Å². The highest BCUT2D eigenvalue weighted by atomic mass is 127. The predicted molar refractivity (Wildman–Crippen MR) is 89.9 cm³/mol. The summed E-state index contributed by atoms with van der Waals surface area (Å²) in [6, 6.07) is 10.6. The molecule has 0 aliphatic rings. The number of nitrogens with two attached hydrogens (primary N) is 1. The standard InChI is InChI=1S/C13H22N4.HI/c1-11(2)16-13(14)15-9-10-17(3)12-7-5-4-6-8-12;/h4-8,11H,9-10H2,1-3H3,(H3,14,15,16);1H. The molecule has 0 saturated heterocycles. The topological polar surface area (TPSA) is 53.6 Å². The number of aliphatic imine (C=N–C) groups is 1. The highest BCUT2D eigenvalue weighted by Gasteiger charge is 1.99. The summed E-state index contributed by atoms with van der Waals surface area (Å²) >= 11 is 0. The minimum Gasteiger partial charge on any atom is -0.373 e. The molecule has 4 nitrogen and oxygen atoms in total. The Bertz CT molecular complexity index is 351. The van der Waals surface area contributed by atoms with Gasteiger partial charge in [-0.3, -0.25) is 4.99 Å². The first-order valence-corrected chi connectivity index (χ1v) is 5.92. The van der Waals surface area contributed by atoms with Crippen LogP contribution in [-0.4, -0.2) is 32.1 Å². The van der Waals surface area contributed by atoms with Gasteiger partial charge >= 0.3 is 0 Å². The summed E-state index contributed by atoms with van der Waals surface area (Å²) in [5.41, 5.74) is 6.91. The lowest BCUT2D eigenvalue weighted by Gasteiger charge is -2.18. The van der Waals surface area contributed by atoms with Crippen LogP contribution >= 0.6 is 24.0 Å². The van der Waals surface area contributed by atoms with Crippen LogP contribution in [0.3, 0.4) is 0 Å². The molecule has 0 fully saturated rings. The highest BCUT2D eigenvalue weighted by Crippen LogP contribution is 2.09. The van der Waals surface area contributed by atoms with Crippen LogP contribution in [0.5, 0.6) is 0 Å². The van der Waals surface area contributed by atoms with E-state index in [1.165, 1.54) is 5.69 Å². The van der Waals surface area contributed by atoms with Gasteiger partial charge in [0.05, 0.1) is 6.54 Å². The fourth-order valence-electron chi connectivity index (χ4n) is 1.47. The number of para-hydroxylation sites is 1. The van der Waals surface area contributed by atoms with Crippen molar-refractivity contribution in [1.82, 2.24) is 5.32 Å². The van der Waals surface area contributed by atoms with Crippen LogP contribution in [0.1, 0.15) is 13.8 Å². The number of halogens is 1. The summed E-state index contributed by atoms with van der Waals surface area (Å²) in [5, 5.41) is 3.07. The maximum atomic E-state index is 5.72. The second-order valence-corrected chi connectivity index (χ2v) is 4.32. The Balaban J connectivity index is 0.00000289. The van der Waals surface area contributed by atoms with Crippen LogP contribution in [0.15, 0.2) is 35.3 Å². The third-order valence-electron chi connectivity index (χ3n) is 2.35. The lowest BCUT2D eigenvalue weighted by molar-refractivity contribution is 0.722.